The maximum atomic E-state index is 12.1. The number of methoxy groups -OCH3 is 1. The van der Waals surface area contributed by atoms with Crippen molar-refractivity contribution < 1.29 is 9.53 Å². The van der Waals surface area contributed by atoms with Crippen LogP contribution in [0.5, 0.6) is 5.75 Å². The molecule has 0 saturated carbocycles. The third-order valence-corrected chi connectivity index (χ3v) is 3.99. The fourth-order valence-electron chi connectivity index (χ4n) is 2.36. The van der Waals surface area contributed by atoms with Crippen molar-refractivity contribution in [1.82, 2.24) is 10.2 Å². The average molecular weight is 291 g/mol. The van der Waals surface area contributed by atoms with Crippen LogP contribution in [0.1, 0.15) is 20.3 Å². The largest absolute Gasteiger partial charge is 0.497 e. The van der Waals surface area contributed by atoms with E-state index in [0.717, 1.165) is 38.3 Å². The van der Waals surface area contributed by atoms with Crippen LogP contribution in [0.4, 0.5) is 10.5 Å². The Kier molecular flexibility index (Phi) is 5.31. The van der Waals surface area contributed by atoms with Gasteiger partial charge in [-0.25, -0.2) is 4.79 Å². The van der Waals surface area contributed by atoms with Crippen molar-refractivity contribution in [3.63, 3.8) is 0 Å². The van der Waals surface area contributed by atoms with Crippen LogP contribution >= 0.6 is 0 Å². The number of hydrogen-bond donors (Lipinski definition) is 1. The number of ether oxygens (including phenoxy) is 1. The number of nitrogens with one attached hydrogen (secondary N) is 1. The molecule has 0 aromatic heterocycles. The molecule has 1 aliphatic rings. The average Bonchev–Trinajstić information content (AvgIpc) is 2.55. The highest BCUT2D eigenvalue weighted by atomic mass is 16.5. The Hall–Kier alpha value is -1.91. The summed E-state index contributed by atoms with van der Waals surface area (Å²) < 4.78 is 5.17. The Labute approximate surface area is 126 Å². The molecule has 0 spiro atoms. The molecule has 2 amide bonds. The summed E-state index contributed by atoms with van der Waals surface area (Å²) in [5.41, 5.74) is 1.18. The highest BCUT2D eigenvalue weighted by Crippen LogP contribution is 2.20. The molecule has 0 bridgehead atoms. The molecule has 2 rings (SSSR count). The Morgan fingerprint density at radius 1 is 1.24 bits per heavy atom. The van der Waals surface area contributed by atoms with Crippen molar-refractivity contribution >= 4 is 11.7 Å². The number of urea groups is 1. The maximum absolute atomic E-state index is 12.1. The number of carbonyl (C=O) groups is 1. The Morgan fingerprint density at radius 2 is 1.86 bits per heavy atom. The summed E-state index contributed by atoms with van der Waals surface area (Å²) in [5, 5.41) is 3.02. The first-order chi connectivity index (χ1) is 10.1. The first kappa shape index (κ1) is 15.5. The van der Waals surface area contributed by atoms with E-state index in [9.17, 15) is 4.79 Å². The number of benzene rings is 1. The fraction of sp³-hybridized carbons (Fsp3) is 0.562. The molecule has 1 N–H and O–H groups in total. The molecule has 1 aromatic carbocycles. The lowest BCUT2D eigenvalue weighted by molar-refractivity contribution is 0.191. The molecule has 1 aromatic rings. The summed E-state index contributed by atoms with van der Waals surface area (Å²) in [6, 6.07) is 8.35. The molecule has 1 aliphatic heterocycles. The molecule has 0 aliphatic carbocycles. The van der Waals surface area contributed by atoms with E-state index in [0.29, 0.717) is 0 Å². The van der Waals surface area contributed by atoms with Crippen LogP contribution in [-0.4, -0.2) is 50.3 Å². The van der Waals surface area contributed by atoms with Gasteiger partial charge in [-0.3, -0.25) is 0 Å². The third kappa shape index (κ3) is 4.03. The minimum atomic E-state index is 0.0544. The van der Waals surface area contributed by atoms with Gasteiger partial charge in [0.25, 0.3) is 0 Å². The predicted molar refractivity (Wildman–Crippen MR) is 85.1 cm³/mol. The first-order valence-corrected chi connectivity index (χ1v) is 7.58. The summed E-state index contributed by atoms with van der Waals surface area (Å²) in [4.78, 5) is 16.3. The highest BCUT2D eigenvalue weighted by Gasteiger charge is 2.21. The second kappa shape index (κ2) is 7.20. The van der Waals surface area contributed by atoms with Crippen molar-refractivity contribution in [3.05, 3.63) is 24.3 Å². The molecular formula is C16H25N3O2. The van der Waals surface area contributed by atoms with Gasteiger partial charge in [0.1, 0.15) is 5.75 Å². The van der Waals surface area contributed by atoms with Crippen molar-refractivity contribution in [2.45, 2.75) is 26.3 Å². The van der Waals surface area contributed by atoms with Crippen LogP contribution in [0.3, 0.4) is 0 Å². The SMILES string of the molecule is CCC(C)NC(=O)N1CCN(c2ccc(OC)cc2)CC1. The van der Waals surface area contributed by atoms with Crippen LogP contribution in [0.25, 0.3) is 0 Å². The zero-order valence-corrected chi connectivity index (χ0v) is 13.1. The number of nitrogens with zero attached hydrogens (tertiary/aromatic N) is 2. The Balaban J connectivity index is 1.86. The molecule has 1 unspecified atom stereocenters. The van der Waals surface area contributed by atoms with Gasteiger partial charge in [0.15, 0.2) is 0 Å². The van der Waals surface area contributed by atoms with Crippen LogP contribution in [-0.2, 0) is 0 Å². The van der Waals surface area contributed by atoms with E-state index >= 15 is 0 Å². The normalized spacial score (nSPS) is 16.5. The summed E-state index contributed by atoms with van der Waals surface area (Å²) >= 11 is 0. The number of amides is 2. The van der Waals surface area contributed by atoms with E-state index in [1.54, 1.807) is 7.11 Å². The standard InChI is InChI=1S/C16H25N3O2/c1-4-13(2)17-16(20)19-11-9-18(10-12-19)14-5-7-15(21-3)8-6-14/h5-8,13H,4,9-12H2,1-3H3,(H,17,20). The third-order valence-electron chi connectivity index (χ3n) is 3.99. The lowest BCUT2D eigenvalue weighted by atomic mass is 10.2. The van der Waals surface area contributed by atoms with Crippen LogP contribution < -0.4 is 15.0 Å². The predicted octanol–water partition coefficient (Wildman–Crippen LogP) is 2.33. The van der Waals surface area contributed by atoms with Crippen molar-refractivity contribution in [2.75, 3.05) is 38.2 Å². The monoisotopic (exact) mass is 291 g/mol. The number of piperazine rings is 1. The van der Waals surface area contributed by atoms with Crippen LogP contribution in [0.15, 0.2) is 24.3 Å². The number of hydrogen-bond acceptors (Lipinski definition) is 3. The van der Waals surface area contributed by atoms with Crippen molar-refractivity contribution in [1.29, 1.82) is 0 Å². The zero-order chi connectivity index (χ0) is 15.2. The van der Waals surface area contributed by atoms with E-state index in [2.05, 4.69) is 29.3 Å². The van der Waals surface area contributed by atoms with Gasteiger partial charge in [0.05, 0.1) is 7.11 Å². The van der Waals surface area contributed by atoms with Gasteiger partial charge in [-0.05, 0) is 37.6 Å². The molecule has 1 heterocycles. The van der Waals surface area contributed by atoms with E-state index in [4.69, 9.17) is 4.74 Å². The van der Waals surface area contributed by atoms with Gasteiger partial charge in [-0.15, -0.1) is 0 Å². The molecular weight excluding hydrogens is 266 g/mol. The van der Waals surface area contributed by atoms with Crippen molar-refractivity contribution in [2.24, 2.45) is 0 Å². The first-order valence-electron chi connectivity index (χ1n) is 7.58. The zero-order valence-electron chi connectivity index (χ0n) is 13.1. The minimum absolute atomic E-state index is 0.0544. The van der Waals surface area contributed by atoms with Gasteiger partial charge in [-0.2, -0.15) is 0 Å². The summed E-state index contributed by atoms with van der Waals surface area (Å²) in [7, 11) is 1.67. The Morgan fingerprint density at radius 3 is 2.38 bits per heavy atom. The lowest BCUT2D eigenvalue weighted by Gasteiger charge is -2.36. The second-order valence-corrected chi connectivity index (χ2v) is 5.43. The molecule has 0 radical (unpaired) electrons. The molecule has 1 saturated heterocycles. The van der Waals surface area contributed by atoms with E-state index in [-0.39, 0.29) is 12.1 Å². The molecule has 116 valence electrons. The lowest BCUT2D eigenvalue weighted by Crippen LogP contribution is -2.53. The highest BCUT2D eigenvalue weighted by molar-refractivity contribution is 5.74. The molecule has 5 nitrogen and oxygen atoms in total. The molecule has 1 fully saturated rings. The van der Waals surface area contributed by atoms with Gasteiger partial charge in [0, 0.05) is 37.9 Å². The van der Waals surface area contributed by atoms with E-state index in [1.807, 2.05) is 24.0 Å². The van der Waals surface area contributed by atoms with Gasteiger partial charge < -0.3 is 19.9 Å². The molecule has 5 heteroatoms. The Bertz CT molecular complexity index is 453. The molecule has 21 heavy (non-hydrogen) atoms. The van der Waals surface area contributed by atoms with Gasteiger partial charge in [0.2, 0.25) is 0 Å². The van der Waals surface area contributed by atoms with Crippen LogP contribution in [0.2, 0.25) is 0 Å². The topological polar surface area (TPSA) is 44.8 Å². The second-order valence-electron chi connectivity index (χ2n) is 5.43. The fourth-order valence-corrected chi connectivity index (χ4v) is 2.36. The van der Waals surface area contributed by atoms with E-state index in [1.165, 1.54) is 5.69 Å². The van der Waals surface area contributed by atoms with Gasteiger partial charge in [-0.1, -0.05) is 6.92 Å². The number of anilines is 1. The van der Waals surface area contributed by atoms with E-state index < -0.39 is 0 Å². The molecule has 1 atom stereocenters. The van der Waals surface area contributed by atoms with Crippen LogP contribution in [0, 0.1) is 0 Å². The summed E-state index contributed by atoms with van der Waals surface area (Å²) in [5.74, 6) is 0.866. The smallest absolute Gasteiger partial charge is 0.317 e. The van der Waals surface area contributed by atoms with Gasteiger partial charge >= 0.3 is 6.03 Å². The number of carbonyl (C=O) groups excluding carboxylic acids is 1. The summed E-state index contributed by atoms with van der Waals surface area (Å²) in [6.45, 7) is 7.35. The number of rotatable bonds is 4. The maximum Gasteiger partial charge on any atom is 0.317 e. The quantitative estimate of drug-likeness (QED) is 0.926. The van der Waals surface area contributed by atoms with Crippen molar-refractivity contribution in [3.8, 4) is 5.75 Å². The summed E-state index contributed by atoms with van der Waals surface area (Å²) in [6.07, 6.45) is 0.956. The minimum Gasteiger partial charge on any atom is -0.497 e.